The SMILES string of the molecule is CCOC(=O)CCc1ccc2[nH]c(-c3cccnc3)cc(=O)c2c1. The van der Waals surface area contributed by atoms with Gasteiger partial charge in [0.1, 0.15) is 0 Å². The van der Waals surface area contributed by atoms with Crippen LogP contribution in [0.4, 0.5) is 0 Å². The molecule has 0 bridgehead atoms. The van der Waals surface area contributed by atoms with Crippen molar-refractivity contribution in [2.75, 3.05) is 6.61 Å². The van der Waals surface area contributed by atoms with E-state index in [9.17, 15) is 9.59 Å². The number of fused-ring (bicyclic) bond motifs is 1. The number of nitrogens with zero attached hydrogens (tertiary/aromatic N) is 1. The number of carbonyl (C=O) groups excluding carboxylic acids is 1. The molecule has 0 saturated heterocycles. The van der Waals surface area contributed by atoms with Crippen molar-refractivity contribution < 1.29 is 9.53 Å². The number of hydrogen-bond donors (Lipinski definition) is 1. The van der Waals surface area contributed by atoms with Gasteiger partial charge < -0.3 is 9.72 Å². The maximum atomic E-state index is 12.4. The van der Waals surface area contributed by atoms with Gasteiger partial charge in [0.15, 0.2) is 5.43 Å². The van der Waals surface area contributed by atoms with Crippen molar-refractivity contribution in [2.24, 2.45) is 0 Å². The number of esters is 1. The van der Waals surface area contributed by atoms with Gasteiger partial charge in [-0.1, -0.05) is 6.07 Å². The van der Waals surface area contributed by atoms with Crippen molar-refractivity contribution in [3.63, 3.8) is 0 Å². The summed E-state index contributed by atoms with van der Waals surface area (Å²) < 4.78 is 4.93. The number of aromatic amines is 1. The smallest absolute Gasteiger partial charge is 0.306 e. The largest absolute Gasteiger partial charge is 0.466 e. The quantitative estimate of drug-likeness (QED) is 0.733. The third kappa shape index (κ3) is 3.51. The van der Waals surface area contributed by atoms with E-state index in [1.165, 1.54) is 0 Å². The molecule has 0 atom stereocenters. The van der Waals surface area contributed by atoms with Gasteiger partial charge in [-0.15, -0.1) is 0 Å². The Morgan fingerprint density at radius 2 is 2.12 bits per heavy atom. The number of hydrogen-bond acceptors (Lipinski definition) is 4. The lowest BCUT2D eigenvalue weighted by molar-refractivity contribution is -0.143. The molecule has 0 amide bonds. The molecule has 0 fully saturated rings. The monoisotopic (exact) mass is 322 g/mol. The number of ether oxygens (including phenoxy) is 1. The van der Waals surface area contributed by atoms with Crippen LogP contribution in [0.5, 0.6) is 0 Å². The second-order valence-electron chi connectivity index (χ2n) is 5.47. The van der Waals surface area contributed by atoms with Crippen molar-refractivity contribution >= 4 is 16.9 Å². The minimum atomic E-state index is -0.224. The Morgan fingerprint density at radius 3 is 2.88 bits per heavy atom. The fourth-order valence-corrected chi connectivity index (χ4v) is 2.61. The van der Waals surface area contributed by atoms with Gasteiger partial charge >= 0.3 is 5.97 Å². The Morgan fingerprint density at radius 1 is 1.25 bits per heavy atom. The lowest BCUT2D eigenvalue weighted by Gasteiger charge is -2.07. The average Bonchev–Trinajstić information content (AvgIpc) is 2.61. The summed E-state index contributed by atoms with van der Waals surface area (Å²) in [6.45, 7) is 2.17. The van der Waals surface area contributed by atoms with Gasteiger partial charge in [-0.3, -0.25) is 14.6 Å². The van der Waals surface area contributed by atoms with Gasteiger partial charge in [-0.05, 0) is 43.2 Å². The van der Waals surface area contributed by atoms with Crippen molar-refractivity contribution in [2.45, 2.75) is 19.8 Å². The van der Waals surface area contributed by atoms with E-state index in [-0.39, 0.29) is 11.4 Å². The number of rotatable bonds is 5. The normalized spacial score (nSPS) is 10.7. The van der Waals surface area contributed by atoms with E-state index in [4.69, 9.17) is 4.74 Å². The van der Waals surface area contributed by atoms with Crippen molar-refractivity contribution in [1.82, 2.24) is 9.97 Å². The standard InChI is InChI=1S/C19H18N2O3/c1-2-24-19(23)8-6-13-5-7-16-15(10-13)18(22)11-17(21-16)14-4-3-9-20-12-14/h3-5,7,9-12H,2,6,8H2,1H3,(H,21,22). The van der Waals surface area contributed by atoms with Crippen molar-refractivity contribution in [3.8, 4) is 11.3 Å². The van der Waals surface area contributed by atoms with E-state index in [0.717, 1.165) is 22.3 Å². The Hall–Kier alpha value is -2.95. The summed E-state index contributed by atoms with van der Waals surface area (Å²) in [5.41, 5.74) is 3.25. The van der Waals surface area contributed by atoms with Gasteiger partial charge in [0.2, 0.25) is 0 Å². The number of benzene rings is 1. The summed E-state index contributed by atoms with van der Waals surface area (Å²) in [6.07, 6.45) is 4.27. The molecule has 0 aliphatic rings. The number of H-pyrrole nitrogens is 1. The minimum absolute atomic E-state index is 0.0550. The van der Waals surface area contributed by atoms with Gasteiger partial charge in [0.05, 0.1) is 12.3 Å². The molecule has 1 aromatic carbocycles. The molecule has 3 rings (SSSR count). The number of nitrogens with one attached hydrogen (secondary N) is 1. The van der Waals surface area contributed by atoms with Gasteiger partial charge in [0.25, 0.3) is 0 Å². The molecule has 3 aromatic rings. The highest BCUT2D eigenvalue weighted by Crippen LogP contribution is 2.18. The van der Waals surface area contributed by atoms with Crippen molar-refractivity contribution in [1.29, 1.82) is 0 Å². The van der Waals surface area contributed by atoms with E-state index >= 15 is 0 Å². The average molecular weight is 322 g/mol. The fourth-order valence-electron chi connectivity index (χ4n) is 2.61. The topological polar surface area (TPSA) is 72.1 Å². The molecule has 1 N–H and O–H groups in total. The lowest BCUT2D eigenvalue weighted by atomic mass is 10.1. The summed E-state index contributed by atoms with van der Waals surface area (Å²) >= 11 is 0. The van der Waals surface area contributed by atoms with Crippen LogP contribution in [-0.2, 0) is 16.0 Å². The second kappa shape index (κ2) is 7.08. The maximum Gasteiger partial charge on any atom is 0.306 e. The third-order valence-electron chi connectivity index (χ3n) is 3.79. The summed E-state index contributed by atoms with van der Waals surface area (Å²) in [5.74, 6) is -0.224. The first-order chi connectivity index (χ1) is 11.7. The summed E-state index contributed by atoms with van der Waals surface area (Å²) in [4.78, 5) is 31.2. The molecule has 0 aliphatic carbocycles. The highest BCUT2D eigenvalue weighted by Gasteiger charge is 2.07. The Kier molecular flexibility index (Phi) is 4.70. The zero-order valence-electron chi connectivity index (χ0n) is 13.4. The van der Waals surface area contributed by atoms with Crippen LogP contribution in [0.3, 0.4) is 0 Å². The predicted octanol–water partition coefficient (Wildman–Crippen LogP) is 3.09. The highest BCUT2D eigenvalue weighted by atomic mass is 16.5. The van der Waals surface area contributed by atoms with E-state index < -0.39 is 0 Å². The molecular formula is C19H18N2O3. The number of pyridine rings is 2. The maximum absolute atomic E-state index is 12.4. The van der Waals surface area contributed by atoms with Gasteiger partial charge in [-0.2, -0.15) is 0 Å². The number of carbonyl (C=O) groups is 1. The molecule has 0 unspecified atom stereocenters. The molecule has 2 aromatic heterocycles. The first-order valence-corrected chi connectivity index (χ1v) is 7.89. The Labute approximate surface area is 139 Å². The van der Waals surface area contributed by atoms with Crippen LogP contribution < -0.4 is 5.43 Å². The molecule has 5 heteroatoms. The predicted molar refractivity (Wildman–Crippen MR) is 92.8 cm³/mol. The van der Waals surface area contributed by atoms with E-state index in [1.807, 2.05) is 30.3 Å². The van der Waals surface area contributed by atoms with E-state index in [2.05, 4.69) is 9.97 Å². The van der Waals surface area contributed by atoms with E-state index in [1.54, 1.807) is 25.4 Å². The molecule has 122 valence electrons. The zero-order chi connectivity index (χ0) is 16.9. The zero-order valence-corrected chi connectivity index (χ0v) is 13.4. The minimum Gasteiger partial charge on any atom is -0.466 e. The first kappa shape index (κ1) is 15.9. The van der Waals surface area contributed by atoms with Crippen LogP contribution in [0, 0.1) is 0 Å². The van der Waals surface area contributed by atoms with Crippen LogP contribution in [0.15, 0.2) is 53.6 Å². The molecule has 5 nitrogen and oxygen atoms in total. The molecule has 0 spiro atoms. The first-order valence-electron chi connectivity index (χ1n) is 7.89. The van der Waals surface area contributed by atoms with Gasteiger partial charge in [0, 0.05) is 41.3 Å². The lowest BCUT2D eigenvalue weighted by Crippen LogP contribution is -2.06. The highest BCUT2D eigenvalue weighted by molar-refractivity contribution is 5.82. The van der Waals surface area contributed by atoms with Crippen LogP contribution >= 0.6 is 0 Å². The molecule has 0 radical (unpaired) electrons. The molecule has 24 heavy (non-hydrogen) atoms. The van der Waals surface area contributed by atoms with Crippen LogP contribution in [0.25, 0.3) is 22.2 Å². The molecular weight excluding hydrogens is 304 g/mol. The van der Waals surface area contributed by atoms with Crippen LogP contribution in [0.2, 0.25) is 0 Å². The van der Waals surface area contributed by atoms with Gasteiger partial charge in [-0.25, -0.2) is 0 Å². The van der Waals surface area contributed by atoms with Crippen LogP contribution in [-0.4, -0.2) is 22.5 Å². The molecule has 0 saturated carbocycles. The van der Waals surface area contributed by atoms with Crippen LogP contribution in [0.1, 0.15) is 18.9 Å². The Bertz CT molecular complexity index is 917. The number of aromatic nitrogens is 2. The second-order valence-corrected chi connectivity index (χ2v) is 5.47. The van der Waals surface area contributed by atoms with E-state index in [0.29, 0.717) is 24.8 Å². The third-order valence-corrected chi connectivity index (χ3v) is 3.79. The fraction of sp³-hybridized carbons (Fsp3) is 0.211. The summed E-state index contributed by atoms with van der Waals surface area (Å²) in [6, 6.07) is 10.9. The number of aryl methyl sites for hydroxylation is 1. The summed E-state index contributed by atoms with van der Waals surface area (Å²) in [7, 11) is 0. The molecule has 0 aliphatic heterocycles. The summed E-state index contributed by atoms with van der Waals surface area (Å²) in [5, 5.41) is 0.615. The Balaban J connectivity index is 1.90. The van der Waals surface area contributed by atoms with Crippen molar-refractivity contribution in [3.05, 3.63) is 64.6 Å². The molecule has 2 heterocycles.